The zero-order valence-electron chi connectivity index (χ0n) is 9.47. The van der Waals surface area contributed by atoms with Crippen LogP contribution in [0.3, 0.4) is 0 Å². The van der Waals surface area contributed by atoms with Crippen LogP contribution in [0.4, 0.5) is 0 Å². The Hall–Kier alpha value is -1.89. The summed E-state index contributed by atoms with van der Waals surface area (Å²) in [7, 11) is 0. The van der Waals surface area contributed by atoms with E-state index >= 15 is 0 Å². The van der Waals surface area contributed by atoms with E-state index < -0.39 is 11.9 Å². The van der Waals surface area contributed by atoms with Gasteiger partial charge in [0.2, 0.25) is 11.7 Å². The highest BCUT2D eigenvalue weighted by molar-refractivity contribution is 5.95. The molecule has 2 amide bonds. The van der Waals surface area contributed by atoms with Gasteiger partial charge in [-0.05, 0) is 6.92 Å². The first-order chi connectivity index (χ1) is 8.09. The first-order valence-corrected chi connectivity index (χ1v) is 5.34. The van der Waals surface area contributed by atoms with Crippen molar-refractivity contribution in [1.82, 2.24) is 15.4 Å². The van der Waals surface area contributed by atoms with E-state index in [-0.39, 0.29) is 11.7 Å². The van der Waals surface area contributed by atoms with Gasteiger partial charge in [-0.1, -0.05) is 5.16 Å². The highest BCUT2D eigenvalue weighted by atomic mass is 16.5. The third kappa shape index (κ3) is 2.28. The van der Waals surface area contributed by atoms with Crippen LogP contribution in [-0.4, -0.2) is 47.5 Å². The largest absolute Gasteiger partial charge is 0.368 e. The van der Waals surface area contributed by atoms with Crippen molar-refractivity contribution in [3.63, 3.8) is 0 Å². The van der Waals surface area contributed by atoms with Crippen LogP contribution in [0, 0.1) is 6.92 Å². The summed E-state index contributed by atoms with van der Waals surface area (Å²) in [6.45, 7) is 3.15. The van der Waals surface area contributed by atoms with Crippen molar-refractivity contribution in [3.05, 3.63) is 17.5 Å². The number of nitrogens with one attached hydrogen (secondary N) is 1. The van der Waals surface area contributed by atoms with Gasteiger partial charge in [-0.25, -0.2) is 0 Å². The molecule has 7 nitrogen and oxygen atoms in total. The van der Waals surface area contributed by atoms with Crippen LogP contribution >= 0.6 is 0 Å². The molecule has 3 N–H and O–H groups in total. The van der Waals surface area contributed by atoms with Gasteiger partial charge >= 0.3 is 0 Å². The Morgan fingerprint density at radius 1 is 1.65 bits per heavy atom. The summed E-state index contributed by atoms with van der Waals surface area (Å²) < 4.78 is 4.89. The van der Waals surface area contributed by atoms with E-state index in [0.717, 1.165) is 0 Å². The summed E-state index contributed by atoms with van der Waals surface area (Å²) in [4.78, 5) is 24.7. The predicted molar refractivity (Wildman–Crippen MR) is 58.1 cm³/mol. The molecule has 1 unspecified atom stereocenters. The molecular weight excluding hydrogens is 224 g/mol. The fraction of sp³-hybridized carbons (Fsp3) is 0.500. The minimum Gasteiger partial charge on any atom is -0.368 e. The van der Waals surface area contributed by atoms with E-state index in [1.807, 2.05) is 0 Å². The van der Waals surface area contributed by atoms with Crippen LogP contribution in [0.1, 0.15) is 16.2 Å². The van der Waals surface area contributed by atoms with Gasteiger partial charge in [0.15, 0.2) is 0 Å². The molecule has 92 valence electrons. The Kier molecular flexibility index (Phi) is 3.10. The summed E-state index contributed by atoms with van der Waals surface area (Å²) in [6.07, 6.45) is 0. The molecular formula is C10H14N4O3. The SMILES string of the molecule is Cc1cc(C(=O)N2CCNCC2C(N)=O)on1. The van der Waals surface area contributed by atoms with Crippen molar-refractivity contribution < 1.29 is 14.1 Å². The monoisotopic (exact) mass is 238 g/mol. The number of carbonyl (C=O) groups is 2. The molecule has 1 aliphatic rings. The number of nitrogens with two attached hydrogens (primary N) is 1. The lowest BCUT2D eigenvalue weighted by atomic mass is 10.1. The van der Waals surface area contributed by atoms with Gasteiger partial charge in [-0.2, -0.15) is 0 Å². The molecule has 1 aromatic rings. The lowest BCUT2D eigenvalue weighted by Crippen LogP contribution is -2.58. The number of carbonyl (C=O) groups excluding carboxylic acids is 2. The molecule has 2 rings (SSSR count). The molecule has 0 bridgehead atoms. The topological polar surface area (TPSA) is 101 Å². The molecule has 1 saturated heterocycles. The number of aromatic nitrogens is 1. The Bertz CT molecular complexity index is 443. The molecule has 1 aromatic heterocycles. The van der Waals surface area contributed by atoms with Crippen molar-refractivity contribution in [2.24, 2.45) is 5.73 Å². The summed E-state index contributed by atoms with van der Waals surface area (Å²) in [5.41, 5.74) is 5.88. The summed E-state index contributed by atoms with van der Waals surface area (Å²) in [5, 5.41) is 6.66. The average molecular weight is 238 g/mol. The molecule has 1 atom stereocenters. The Morgan fingerprint density at radius 2 is 2.41 bits per heavy atom. The van der Waals surface area contributed by atoms with Crippen LogP contribution in [0.15, 0.2) is 10.6 Å². The standard InChI is InChI=1S/C10H14N4O3/c1-6-4-8(17-13-6)10(16)14-3-2-12-5-7(14)9(11)15/h4,7,12H,2-3,5H2,1H3,(H2,11,15). The van der Waals surface area contributed by atoms with E-state index in [1.165, 1.54) is 4.90 Å². The van der Waals surface area contributed by atoms with Crippen molar-refractivity contribution in [1.29, 1.82) is 0 Å². The van der Waals surface area contributed by atoms with E-state index in [9.17, 15) is 9.59 Å². The van der Waals surface area contributed by atoms with E-state index in [0.29, 0.717) is 25.3 Å². The van der Waals surface area contributed by atoms with E-state index in [4.69, 9.17) is 10.3 Å². The van der Waals surface area contributed by atoms with Crippen molar-refractivity contribution in [3.8, 4) is 0 Å². The minimum atomic E-state index is -0.637. The fourth-order valence-electron chi connectivity index (χ4n) is 1.81. The molecule has 0 saturated carbocycles. The number of hydrogen-bond donors (Lipinski definition) is 2. The third-order valence-corrected chi connectivity index (χ3v) is 2.67. The minimum absolute atomic E-state index is 0.135. The van der Waals surface area contributed by atoms with Gasteiger partial charge in [0.25, 0.3) is 5.91 Å². The van der Waals surface area contributed by atoms with Crippen molar-refractivity contribution >= 4 is 11.8 Å². The Morgan fingerprint density at radius 3 is 3.00 bits per heavy atom. The van der Waals surface area contributed by atoms with Gasteiger partial charge in [-0.15, -0.1) is 0 Å². The third-order valence-electron chi connectivity index (χ3n) is 2.67. The van der Waals surface area contributed by atoms with Gasteiger partial charge in [0.05, 0.1) is 5.69 Å². The molecule has 0 spiro atoms. The van der Waals surface area contributed by atoms with E-state index in [2.05, 4.69) is 10.5 Å². The number of hydrogen-bond acceptors (Lipinski definition) is 5. The Balaban J connectivity index is 2.19. The second-order valence-electron chi connectivity index (χ2n) is 3.95. The number of rotatable bonds is 2. The zero-order chi connectivity index (χ0) is 12.4. The maximum Gasteiger partial charge on any atom is 0.293 e. The average Bonchev–Trinajstić information content (AvgIpc) is 2.75. The predicted octanol–water partition coefficient (Wildman–Crippen LogP) is -1.12. The molecule has 17 heavy (non-hydrogen) atoms. The number of nitrogens with zero attached hydrogens (tertiary/aromatic N) is 2. The van der Waals surface area contributed by atoms with Gasteiger partial charge in [-0.3, -0.25) is 9.59 Å². The first-order valence-electron chi connectivity index (χ1n) is 5.34. The van der Waals surface area contributed by atoms with Crippen molar-refractivity contribution in [2.75, 3.05) is 19.6 Å². The summed E-state index contributed by atoms with van der Waals surface area (Å²) >= 11 is 0. The molecule has 7 heteroatoms. The highest BCUT2D eigenvalue weighted by Gasteiger charge is 2.32. The molecule has 1 aliphatic heterocycles. The maximum absolute atomic E-state index is 12.1. The number of aryl methyl sites for hydroxylation is 1. The Labute approximate surface area is 97.9 Å². The molecule has 2 heterocycles. The van der Waals surface area contributed by atoms with Crippen LogP contribution in [0.2, 0.25) is 0 Å². The van der Waals surface area contributed by atoms with Gasteiger partial charge < -0.3 is 20.5 Å². The van der Waals surface area contributed by atoms with Gasteiger partial charge in [0, 0.05) is 25.7 Å². The first kappa shape index (κ1) is 11.6. The van der Waals surface area contributed by atoms with Crippen LogP contribution in [0.25, 0.3) is 0 Å². The van der Waals surface area contributed by atoms with Crippen LogP contribution < -0.4 is 11.1 Å². The van der Waals surface area contributed by atoms with Crippen LogP contribution in [-0.2, 0) is 4.79 Å². The summed E-state index contributed by atoms with van der Waals surface area (Å²) in [5.74, 6) is -0.742. The van der Waals surface area contributed by atoms with Crippen molar-refractivity contribution in [2.45, 2.75) is 13.0 Å². The van der Waals surface area contributed by atoms with Gasteiger partial charge in [0.1, 0.15) is 6.04 Å². The molecule has 0 aromatic carbocycles. The van der Waals surface area contributed by atoms with Crippen LogP contribution in [0.5, 0.6) is 0 Å². The number of piperazine rings is 1. The van der Waals surface area contributed by atoms with E-state index in [1.54, 1.807) is 13.0 Å². The lowest BCUT2D eigenvalue weighted by molar-refractivity contribution is -0.122. The molecule has 0 radical (unpaired) electrons. The lowest BCUT2D eigenvalue weighted by Gasteiger charge is -2.33. The zero-order valence-corrected chi connectivity index (χ0v) is 9.47. The number of primary amides is 1. The second-order valence-corrected chi connectivity index (χ2v) is 3.95. The fourth-order valence-corrected chi connectivity index (χ4v) is 1.81. The quantitative estimate of drug-likeness (QED) is 0.679. The molecule has 1 fully saturated rings. The molecule has 0 aliphatic carbocycles. The summed E-state index contributed by atoms with van der Waals surface area (Å²) in [6, 6.07) is 0.907. The smallest absolute Gasteiger partial charge is 0.293 e. The maximum atomic E-state index is 12.1. The highest BCUT2D eigenvalue weighted by Crippen LogP contribution is 2.11. The normalized spacial score (nSPS) is 20.3. The second kappa shape index (κ2) is 4.54. The number of amides is 2.